The molecule has 0 saturated heterocycles. The number of pyridine rings is 3. The molecule has 0 spiro atoms. The molecule has 0 aromatic carbocycles. The van der Waals surface area contributed by atoms with Gasteiger partial charge in [0.2, 0.25) is 11.8 Å². The zero-order chi connectivity index (χ0) is 27.7. The van der Waals surface area contributed by atoms with E-state index in [4.69, 9.17) is 27.9 Å². The molecule has 4 aromatic rings. The number of nitrogens with one attached hydrogen (secondary N) is 3. The summed E-state index contributed by atoms with van der Waals surface area (Å²) in [7, 11) is 0. The number of ether oxygens (including phenoxy) is 1. The summed E-state index contributed by atoms with van der Waals surface area (Å²) in [6.45, 7) is -2.47. The van der Waals surface area contributed by atoms with Crippen LogP contribution in [0.2, 0.25) is 10.0 Å². The Morgan fingerprint density at radius 3 is 2.45 bits per heavy atom. The van der Waals surface area contributed by atoms with E-state index < -0.39 is 54.1 Å². The van der Waals surface area contributed by atoms with Crippen molar-refractivity contribution >= 4 is 51.9 Å². The summed E-state index contributed by atoms with van der Waals surface area (Å²) in [6, 6.07) is 2.94. The summed E-state index contributed by atoms with van der Waals surface area (Å²) in [5.74, 6) is -1.81. The zero-order valence-electron chi connectivity index (χ0n) is 18.5. The molecule has 9 nitrogen and oxygen atoms in total. The quantitative estimate of drug-likeness (QED) is 0.241. The number of rotatable bonds is 7. The van der Waals surface area contributed by atoms with Crippen molar-refractivity contribution in [2.75, 3.05) is 11.9 Å². The minimum Gasteiger partial charge on any atom is -0.467 e. The molecule has 0 unspecified atom stereocenters. The first-order valence-electron chi connectivity index (χ1n) is 10.3. The van der Waals surface area contributed by atoms with E-state index in [-0.39, 0.29) is 32.8 Å². The van der Waals surface area contributed by atoms with E-state index in [1.165, 1.54) is 12.4 Å². The molecule has 0 atom stereocenters. The lowest BCUT2D eigenvalue weighted by Crippen LogP contribution is -2.27. The Morgan fingerprint density at radius 1 is 1.08 bits per heavy atom. The van der Waals surface area contributed by atoms with E-state index in [1.54, 1.807) is 0 Å². The normalized spacial score (nSPS) is 12.0. The minimum atomic E-state index is -4.77. The van der Waals surface area contributed by atoms with Crippen molar-refractivity contribution in [1.29, 1.82) is 0 Å². The molecule has 38 heavy (non-hydrogen) atoms. The van der Waals surface area contributed by atoms with Crippen molar-refractivity contribution in [2.45, 2.75) is 18.9 Å². The highest BCUT2D eigenvalue weighted by molar-refractivity contribution is 6.39. The summed E-state index contributed by atoms with van der Waals surface area (Å²) in [6.07, 6.45) is -5.81. The van der Waals surface area contributed by atoms with Gasteiger partial charge in [0.15, 0.2) is 12.3 Å². The Hall–Kier alpha value is -3.85. The summed E-state index contributed by atoms with van der Waals surface area (Å²) in [4.78, 5) is 31.0. The van der Waals surface area contributed by atoms with Gasteiger partial charge in [-0.05, 0) is 18.2 Å². The van der Waals surface area contributed by atoms with Gasteiger partial charge in [0.05, 0.1) is 39.1 Å². The number of carbonyl (C=O) groups is 1. The van der Waals surface area contributed by atoms with Crippen LogP contribution in [-0.4, -0.2) is 43.6 Å². The lowest BCUT2D eigenvalue weighted by atomic mass is 10.1. The average molecular weight is 580 g/mol. The summed E-state index contributed by atoms with van der Waals surface area (Å²) in [5, 5.41) is 5.24. The van der Waals surface area contributed by atoms with Crippen molar-refractivity contribution in [1.82, 2.24) is 30.2 Å². The van der Waals surface area contributed by atoms with E-state index >= 15 is 0 Å². The Morgan fingerprint density at radius 2 is 1.79 bits per heavy atom. The molecule has 17 heteroatoms. The lowest BCUT2D eigenvalue weighted by Gasteiger charge is -2.14. The van der Waals surface area contributed by atoms with Gasteiger partial charge in [-0.1, -0.05) is 23.2 Å². The van der Waals surface area contributed by atoms with Crippen molar-refractivity contribution in [2.24, 2.45) is 0 Å². The van der Waals surface area contributed by atoms with Crippen LogP contribution in [0, 0.1) is 0 Å². The molecule has 4 rings (SSSR count). The average Bonchev–Trinajstić information content (AvgIpc) is 3.23. The number of anilines is 2. The topological polar surface area (TPSA) is 118 Å². The zero-order valence-corrected chi connectivity index (χ0v) is 20.0. The fraction of sp³-hybridized carbons (Fsp3) is 0.190. The molecule has 0 fully saturated rings. The Labute approximate surface area is 218 Å². The maximum Gasteiger partial charge on any atom is 0.422 e. The van der Waals surface area contributed by atoms with Gasteiger partial charge in [-0.3, -0.25) is 14.8 Å². The van der Waals surface area contributed by atoms with Crippen LogP contribution in [0.25, 0.3) is 11.2 Å². The van der Waals surface area contributed by atoms with Crippen molar-refractivity contribution in [3.8, 4) is 5.88 Å². The van der Waals surface area contributed by atoms with Crippen LogP contribution in [0.4, 0.5) is 38.0 Å². The van der Waals surface area contributed by atoms with Crippen molar-refractivity contribution in [3.05, 3.63) is 63.7 Å². The molecular weight excluding hydrogens is 567 g/mol. The third kappa shape index (κ3) is 6.34. The predicted octanol–water partition coefficient (Wildman–Crippen LogP) is 5.69. The number of hydrogen-bond donors (Lipinski definition) is 3. The number of hydrogen-bond acceptors (Lipinski definition) is 7. The number of nitrogens with zero attached hydrogens (tertiary/aromatic N) is 4. The van der Waals surface area contributed by atoms with Crippen molar-refractivity contribution < 1.29 is 35.9 Å². The molecule has 0 aliphatic rings. The highest BCUT2D eigenvalue weighted by Crippen LogP contribution is 2.33. The maximum absolute atomic E-state index is 13.2. The van der Waals surface area contributed by atoms with Crippen LogP contribution in [0.1, 0.15) is 21.6 Å². The second-order valence-electron chi connectivity index (χ2n) is 7.48. The van der Waals surface area contributed by atoms with Gasteiger partial charge in [-0.2, -0.15) is 36.3 Å². The van der Waals surface area contributed by atoms with Crippen LogP contribution in [0.5, 0.6) is 5.88 Å². The summed E-state index contributed by atoms with van der Waals surface area (Å²) >= 11 is 12.1. The molecule has 4 heterocycles. The molecule has 0 aliphatic heterocycles. The number of carbonyl (C=O) groups excluding carboxylic acids is 1. The molecule has 1 amide bonds. The van der Waals surface area contributed by atoms with E-state index in [2.05, 4.69) is 35.6 Å². The number of aromatic nitrogens is 5. The van der Waals surface area contributed by atoms with E-state index in [0.717, 1.165) is 24.4 Å². The van der Waals surface area contributed by atoms with Crippen LogP contribution in [0.15, 0.2) is 36.8 Å². The van der Waals surface area contributed by atoms with Gasteiger partial charge >= 0.3 is 12.4 Å². The third-order valence-corrected chi connectivity index (χ3v) is 5.34. The first-order valence-corrected chi connectivity index (χ1v) is 11.0. The Bertz CT molecular complexity index is 1470. The number of imidazole rings is 1. The van der Waals surface area contributed by atoms with Gasteiger partial charge in [-0.15, -0.1) is 0 Å². The monoisotopic (exact) mass is 579 g/mol. The molecule has 200 valence electrons. The minimum absolute atomic E-state index is 0.00475. The molecule has 0 saturated carbocycles. The highest BCUT2D eigenvalue weighted by atomic mass is 35.5. The second kappa shape index (κ2) is 10.5. The van der Waals surface area contributed by atoms with E-state index in [9.17, 15) is 31.1 Å². The number of H-pyrrole nitrogens is 1. The number of halogens is 8. The number of amides is 1. The highest BCUT2D eigenvalue weighted by Gasteiger charge is 2.34. The molecule has 4 aromatic heterocycles. The first kappa shape index (κ1) is 27.2. The van der Waals surface area contributed by atoms with Crippen LogP contribution >= 0.6 is 23.2 Å². The lowest BCUT2D eigenvalue weighted by molar-refractivity contribution is -0.154. The Kier molecular flexibility index (Phi) is 7.51. The first-order chi connectivity index (χ1) is 17.8. The third-order valence-electron chi connectivity index (χ3n) is 4.76. The smallest absolute Gasteiger partial charge is 0.422 e. The molecular formula is C21H13Cl2F6N7O2. The molecule has 3 N–H and O–H groups in total. The van der Waals surface area contributed by atoms with Gasteiger partial charge in [0, 0.05) is 18.6 Å². The van der Waals surface area contributed by atoms with Gasteiger partial charge in [-0.25, -0.2) is 0 Å². The molecule has 0 aliphatic carbocycles. The largest absolute Gasteiger partial charge is 0.467 e. The fourth-order valence-electron chi connectivity index (χ4n) is 3.15. The predicted molar refractivity (Wildman–Crippen MR) is 123 cm³/mol. The summed E-state index contributed by atoms with van der Waals surface area (Å²) in [5.41, 5.74) is -1.94. The van der Waals surface area contributed by atoms with Crippen molar-refractivity contribution in [3.63, 3.8) is 0 Å². The fourth-order valence-corrected chi connectivity index (χ4v) is 3.61. The van der Waals surface area contributed by atoms with Gasteiger partial charge in [0.1, 0.15) is 5.56 Å². The maximum atomic E-state index is 13.2. The second-order valence-corrected chi connectivity index (χ2v) is 8.30. The van der Waals surface area contributed by atoms with Gasteiger partial charge in [0.25, 0.3) is 5.91 Å². The number of alkyl halides is 6. The van der Waals surface area contributed by atoms with Crippen LogP contribution in [-0.2, 0) is 12.7 Å². The van der Waals surface area contributed by atoms with E-state index in [0.29, 0.717) is 0 Å². The van der Waals surface area contributed by atoms with E-state index in [1.807, 2.05) is 0 Å². The standard InChI is InChI=1S/C21H13Cl2F6N7O2/c22-11-5-30-6-12(23)15(11)34-19-33-13-4-9(18(35-16(13)36-19)38-8-20(24,25)26)17(37)32-7-14-10(21(27,28)29)2-1-3-31-14/h1-6H,7-8H2,(H,32,37)(H2,30,33,34,35,36). The Balaban J connectivity index is 1.66. The number of fused-ring (bicyclic) bond motifs is 1. The molecule has 0 bridgehead atoms. The van der Waals surface area contributed by atoms with Crippen LogP contribution in [0.3, 0.4) is 0 Å². The molecule has 0 radical (unpaired) electrons. The SMILES string of the molecule is O=C(NCc1ncccc1C(F)(F)F)c1cc2[nH]c(Nc3c(Cl)cncc3Cl)nc2nc1OCC(F)(F)F. The van der Waals surface area contributed by atoms with Crippen LogP contribution < -0.4 is 15.4 Å². The van der Waals surface area contributed by atoms with Gasteiger partial charge < -0.3 is 20.4 Å². The number of aromatic amines is 1. The summed E-state index contributed by atoms with van der Waals surface area (Å²) < 4.78 is 82.8.